The van der Waals surface area contributed by atoms with Gasteiger partial charge in [-0.05, 0) is 17.7 Å². The fourth-order valence-corrected chi connectivity index (χ4v) is 4.15. The number of nitrogens with zero attached hydrogens (tertiary/aromatic N) is 3. The first-order valence-electron chi connectivity index (χ1n) is 9.36. The van der Waals surface area contributed by atoms with Crippen LogP contribution in [0.5, 0.6) is 0 Å². The van der Waals surface area contributed by atoms with Gasteiger partial charge in [-0.1, -0.05) is 32.0 Å². The number of hydrogen-bond acceptors (Lipinski definition) is 6. The summed E-state index contributed by atoms with van der Waals surface area (Å²) in [5.41, 5.74) is 2.16. The van der Waals surface area contributed by atoms with Gasteiger partial charge in [-0.25, -0.2) is 0 Å². The molecule has 0 aliphatic carbocycles. The van der Waals surface area contributed by atoms with Gasteiger partial charge in [0.15, 0.2) is 5.78 Å². The van der Waals surface area contributed by atoms with Crippen LogP contribution in [-0.2, 0) is 10.2 Å². The Labute approximate surface area is 172 Å². The number of likely N-dealkylation sites (N-methyl/N-ethyl adjacent to an activating group) is 1. The molecule has 0 aromatic heterocycles. The number of nitro benzene ring substituents is 1. The maximum Gasteiger partial charge on any atom is 0.270 e. The lowest BCUT2D eigenvalue weighted by atomic mass is 9.83. The molecule has 152 valence electrons. The first-order chi connectivity index (χ1) is 14.1. The summed E-state index contributed by atoms with van der Waals surface area (Å²) in [7, 11) is 1.87. The predicted octanol–water partition coefficient (Wildman–Crippen LogP) is 3.07. The van der Waals surface area contributed by atoms with E-state index in [0.29, 0.717) is 0 Å². The Morgan fingerprint density at radius 2 is 1.77 bits per heavy atom. The highest BCUT2D eigenvalue weighted by atomic mass is 16.6. The number of ketones is 1. The molecule has 0 N–H and O–H groups in total. The third-order valence-electron chi connectivity index (χ3n) is 5.72. The number of benzene rings is 2. The van der Waals surface area contributed by atoms with Crippen molar-refractivity contribution in [1.29, 1.82) is 0 Å². The molecule has 2 heterocycles. The summed E-state index contributed by atoms with van der Waals surface area (Å²) >= 11 is 0. The molecule has 4 rings (SSSR count). The Kier molecular flexibility index (Phi) is 4.30. The smallest absolute Gasteiger partial charge is 0.270 e. The molecule has 0 radical (unpaired) electrons. The first-order valence-corrected chi connectivity index (χ1v) is 9.36. The van der Waals surface area contributed by atoms with Crippen LogP contribution in [0, 0.1) is 10.1 Å². The van der Waals surface area contributed by atoms with Crippen LogP contribution in [-0.4, -0.2) is 41.0 Å². The van der Waals surface area contributed by atoms with Crippen LogP contribution in [0.3, 0.4) is 0 Å². The lowest BCUT2D eigenvalue weighted by Crippen LogP contribution is -2.35. The second-order valence-corrected chi connectivity index (χ2v) is 7.88. The van der Waals surface area contributed by atoms with Crippen molar-refractivity contribution in [1.82, 2.24) is 4.90 Å². The molecule has 0 unspecified atom stereocenters. The Bertz CT molecular complexity index is 1170. The fraction of sp³-hybridized carbons (Fsp3) is 0.227. The second-order valence-electron chi connectivity index (χ2n) is 7.88. The maximum atomic E-state index is 12.8. The first kappa shape index (κ1) is 19.5. The summed E-state index contributed by atoms with van der Waals surface area (Å²) < 4.78 is 0. The van der Waals surface area contributed by atoms with Gasteiger partial charge in [0, 0.05) is 42.1 Å². The highest BCUT2D eigenvalue weighted by Gasteiger charge is 2.40. The summed E-state index contributed by atoms with van der Waals surface area (Å²) in [5, 5.41) is 11.0. The van der Waals surface area contributed by atoms with Crippen LogP contribution in [0.15, 0.2) is 54.2 Å². The number of carbonyl (C=O) groups is 3. The number of para-hydroxylation sites is 1. The lowest BCUT2D eigenvalue weighted by Gasteiger charge is -2.24. The Morgan fingerprint density at radius 3 is 2.43 bits per heavy atom. The molecule has 2 aliphatic rings. The van der Waals surface area contributed by atoms with Gasteiger partial charge in [0.05, 0.1) is 22.6 Å². The molecule has 0 bridgehead atoms. The Morgan fingerprint density at radius 1 is 1.10 bits per heavy atom. The molecule has 2 aromatic rings. The van der Waals surface area contributed by atoms with Crippen molar-refractivity contribution in [3.05, 3.63) is 81.0 Å². The van der Waals surface area contributed by atoms with Crippen LogP contribution in [0.2, 0.25) is 0 Å². The fourth-order valence-electron chi connectivity index (χ4n) is 4.15. The van der Waals surface area contributed by atoms with Crippen LogP contribution in [0.4, 0.5) is 11.4 Å². The van der Waals surface area contributed by atoms with Gasteiger partial charge >= 0.3 is 0 Å². The summed E-state index contributed by atoms with van der Waals surface area (Å²) in [4.78, 5) is 51.1. The van der Waals surface area contributed by atoms with Crippen molar-refractivity contribution in [3.8, 4) is 0 Å². The number of rotatable bonds is 4. The topological polar surface area (TPSA) is 101 Å². The number of non-ortho nitro benzene ring substituents is 1. The molecule has 0 fully saturated rings. The van der Waals surface area contributed by atoms with Gasteiger partial charge in [-0.3, -0.25) is 29.4 Å². The van der Waals surface area contributed by atoms with Gasteiger partial charge in [-0.15, -0.1) is 0 Å². The molecule has 2 aromatic carbocycles. The number of imide groups is 1. The van der Waals surface area contributed by atoms with Crippen LogP contribution in [0.1, 0.15) is 40.1 Å². The van der Waals surface area contributed by atoms with Crippen molar-refractivity contribution in [2.75, 3.05) is 18.5 Å². The SMILES string of the molecule is CN1C(=CC(=O)CN2C(=O)c3ccc([N+](=O)[O-])cc3C2=O)C(C)(C)c2ccccc21. The van der Waals surface area contributed by atoms with Crippen molar-refractivity contribution < 1.29 is 19.3 Å². The molecular weight excluding hydrogens is 386 g/mol. The number of nitro groups is 1. The third-order valence-corrected chi connectivity index (χ3v) is 5.72. The zero-order valence-corrected chi connectivity index (χ0v) is 16.7. The van der Waals surface area contributed by atoms with E-state index >= 15 is 0 Å². The summed E-state index contributed by atoms with van der Waals surface area (Å²) in [6.45, 7) is 3.59. The van der Waals surface area contributed by atoms with E-state index in [1.54, 1.807) is 0 Å². The van der Waals surface area contributed by atoms with E-state index in [-0.39, 0.29) is 16.8 Å². The molecule has 2 amide bonds. The zero-order valence-electron chi connectivity index (χ0n) is 16.7. The standard InChI is InChI=1S/C22H19N3O5/c1-22(2)17-6-4-5-7-18(17)23(3)19(22)11-14(26)12-24-20(27)15-9-8-13(25(29)30)10-16(15)21(24)28/h4-11H,12H2,1-3H3. The third kappa shape index (κ3) is 2.80. The van der Waals surface area contributed by atoms with Crippen molar-refractivity contribution in [2.45, 2.75) is 19.3 Å². The molecular formula is C22H19N3O5. The van der Waals surface area contributed by atoms with Gasteiger partial charge in [0.25, 0.3) is 17.5 Å². The number of anilines is 1. The average molecular weight is 405 g/mol. The van der Waals surface area contributed by atoms with Gasteiger partial charge in [0.2, 0.25) is 0 Å². The number of amides is 2. The predicted molar refractivity (Wildman–Crippen MR) is 109 cm³/mol. The van der Waals surface area contributed by atoms with Crippen molar-refractivity contribution >= 4 is 29.0 Å². The number of hydrogen-bond donors (Lipinski definition) is 0. The molecule has 30 heavy (non-hydrogen) atoms. The van der Waals surface area contributed by atoms with E-state index in [9.17, 15) is 24.5 Å². The highest BCUT2D eigenvalue weighted by molar-refractivity contribution is 6.23. The molecule has 0 atom stereocenters. The van der Waals surface area contributed by atoms with Gasteiger partial charge in [0.1, 0.15) is 0 Å². The van der Waals surface area contributed by atoms with Crippen LogP contribution >= 0.6 is 0 Å². The number of carbonyl (C=O) groups excluding carboxylic acids is 3. The molecule has 8 heteroatoms. The monoisotopic (exact) mass is 405 g/mol. The summed E-state index contributed by atoms with van der Waals surface area (Å²) in [6.07, 6.45) is 1.46. The zero-order chi connectivity index (χ0) is 21.8. The Hall–Kier alpha value is -3.81. The minimum atomic E-state index is -0.701. The second kappa shape index (κ2) is 6.62. The lowest BCUT2D eigenvalue weighted by molar-refractivity contribution is -0.384. The van der Waals surface area contributed by atoms with E-state index in [0.717, 1.165) is 27.9 Å². The average Bonchev–Trinajstić information content (AvgIpc) is 3.06. The largest absolute Gasteiger partial charge is 0.347 e. The molecule has 0 saturated heterocycles. The number of fused-ring (bicyclic) bond motifs is 2. The van der Waals surface area contributed by atoms with Crippen LogP contribution in [0.25, 0.3) is 0 Å². The van der Waals surface area contributed by atoms with Crippen molar-refractivity contribution in [3.63, 3.8) is 0 Å². The summed E-state index contributed by atoms with van der Waals surface area (Å²) in [6, 6.07) is 11.3. The summed E-state index contributed by atoms with van der Waals surface area (Å²) in [5.74, 6) is -1.73. The molecule has 0 saturated carbocycles. The van der Waals surface area contributed by atoms with E-state index in [2.05, 4.69) is 0 Å². The van der Waals surface area contributed by atoms with Crippen LogP contribution < -0.4 is 4.90 Å². The quantitative estimate of drug-likeness (QED) is 0.335. The minimum Gasteiger partial charge on any atom is -0.347 e. The molecule has 2 aliphatic heterocycles. The van der Waals surface area contributed by atoms with Gasteiger partial charge in [-0.2, -0.15) is 0 Å². The van der Waals surface area contributed by atoms with E-state index in [1.807, 2.05) is 50.1 Å². The normalized spacial score (nSPS) is 18.0. The van der Waals surface area contributed by atoms with E-state index in [1.165, 1.54) is 18.2 Å². The molecule has 0 spiro atoms. The molecule has 8 nitrogen and oxygen atoms in total. The van der Waals surface area contributed by atoms with Crippen molar-refractivity contribution in [2.24, 2.45) is 0 Å². The highest BCUT2D eigenvalue weighted by Crippen LogP contribution is 2.46. The van der Waals surface area contributed by atoms with E-state index < -0.39 is 34.5 Å². The maximum absolute atomic E-state index is 12.8. The van der Waals surface area contributed by atoms with E-state index in [4.69, 9.17) is 0 Å². The number of allylic oxidation sites excluding steroid dienone is 1. The minimum absolute atomic E-state index is 0.0552. The Balaban J connectivity index is 1.60. The van der Waals surface area contributed by atoms with Gasteiger partial charge < -0.3 is 4.90 Å².